The minimum Gasteiger partial charge on any atom is -0.488 e. The van der Waals surface area contributed by atoms with Crippen LogP contribution in [0.1, 0.15) is 34.7 Å². The lowest BCUT2D eigenvalue weighted by molar-refractivity contribution is -0.121. The van der Waals surface area contributed by atoms with Crippen LogP contribution in [0.3, 0.4) is 0 Å². The second kappa shape index (κ2) is 13.5. The van der Waals surface area contributed by atoms with E-state index in [1.54, 1.807) is 66.7 Å². The molecule has 40 heavy (non-hydrogen) atoms. The lowest BCUT2D eigenvalue weighted by atomic mass is 10.0. The molecule has 4 aromatic carbocycles. The Kier molecular flexibility index (Phi) is 9.81. The third-order valence-electron chi connectivity index (χ3n) is 5.89. The Hall–Kier alpha value is -3.86. The second-order valence-electron chi connectivity index (χ2n) is 9.00. The average molecular weight is 625 g/mol. The summed E-state index contributed by atoms with van der Waals surface area (Å²) in [7, 11) is -3.87. The zero-order valence-electron chi connectivity index (χ0n) is 21.6. The van der Waals surface area contributed by atoms with Gasteiger partial charge in [0.05, 0.1) is 21.6 Å². The maximum atomic E-state index is 13.1. The molecule has 206 valence electrons. The highest BCUT2D eigenvalue weighted by Gasteiger charge is 2.23. The third kappa shape index (κ3) is 8.32. The Morgan fingerprint density at radius 1 is 1.00 bits per heavy atom. The number of amides is 1. The number of nitrogens with zero attached hydrogens (tertiary/aromatic N) is 1. The van der Waals surface area contributed by atoms with E-state index in [1.165, 1.54) is 30.5 Å². The number of hydrogen-bond donors (Lipinski definition) is 2. The van der Waals surface area contributed by atoms with Crippen molar-refractivity contribution in [2.75, 3.05) is 0 Å². The first-order valence-corrected chi connectivity index (χ1v) is 14.6. The summed E-state index contributed by atoms with van der Waals surface area (Å²) in [5.74, 6) is -0.174. The van der Waals surface area contributed by atoms with Crippen LogP contribution in [0.4, 0.5) is 4.39 Å². The number of nitrogens with one attached hydrogen (secondary N) is 2. The molecule has 0 fully saturated rings. The molecule has 0 unspecified atom stereocenters. The monoisotopic (exact) mass is 623 g/mol. The molecule has 0 aromatic heterocycles. The number of halogens is 2. The van der Waals surface area contributed by atoms with Crippen molar-refractivity contribution >= 4 is 38.1 Å². The molecule has 4 rings (SSSR count). The zero-order chi connectivity index (χ0) is 28.5. The number of carbonyl (C=O) groups is 1. The predicted octanol–water partition coefficient (Wildman–Crippen LogP) is 6.04. The van der Waals surface area contributed by atoms with Crippen molar-refractivity contribution in [2.45, 2.75) is 30.9 Å². The molecule has 0 radical (unpaired) electrons. The highest BCUT2D eigenvalue weighted by Crippen LogP contribution is 2.26. The fraction of sp³-hybridized carbons (Fsp3) is 0.133. The van der Waals surface area contributed by atoms with Gasteiger partial charge in [-0.15, -0.1) is 0 Å². The molecule has 0 saturated carbocycles. The summed E-state index contributed by atoms with van der Waals surface area (Å²) in [5.41, 5.74) is 5.58. The van der Waals surface area contributed by atoms with Gasteiger partial charge in [0, 0.05) is 6.42 Å². The lowest BCUT2D eigenvalue weighted by Gasteiger charge is -2.18. The van der Waals surface area contributed by atoms with E-state index in [9.17, 15) is 17.6 Å². The number of carbonyl (C=O) groups excluding carboxylic acids is 1. The van der Waals surface area contributed by atoms with Gasteiger partial charge in [-0.3, -0.25) is 4.79 Å². The van der Waals surface area contributed by atoms with Crippen LogP contribution in [0.5, 0.6) is 5.75 Å². The van der Waals surface area contributed by atoms with E-state index < -0.39 is 22.0 Å². The summed E-state index contributed by atoms with van der Waals surface area (Å²) in [4.78, 5) is 12.9. The van der Waals surface area contributed by atoms with Crippen LogP contribution in [0.2, 0.25) is 0 Å². The fourth-order valence-electron chi connectivity index (χ4n) is 3.75. The maximum Gasteiger partial charge on any atom is 0.242 e. The molecule has 7 nitrogen and oxygen atoms in total. The van der Waals surface area contributed by atoms with E-state index in [0.29, 0.717) is 21.3 Å². The van der Waals surface area contributed by atoms with Gasteiger partial charge in [0.15, 0.2) is 0 Å². The van der Waals surface area contributed by atoms with Crippen molar-refractivity contribution in [3.63, 3.8) is 0 Å². The smallest absolute Gasteiger partial charge is 0.242 e. The number of benzene rings is 4. The van der Waals surface area contributed by atoms with E-state index in [4.69, 9.17) is 4.74 Å². The maximum absolute atomic E-state index is 13.1. The van der Waals surface area contributed by atoms with Gasteiger partial charge in [0.1, 0.15) is 18.2 Å². The molecule has 0 saturated heterocycles. The van der Waals surface area contributed by atoms with Gasteiger partial charge >= 0.3 is 0 Å². The van der Waals surface area contributed by atoms with E-state index >= 15 is 0 Å². The van der Waals surface area contributed by atoms with Crippen LogP contribution in [-0.2, 0) is 21.4 Å². The Morgan fingerprint density at radius 2 is 1.70 bits per heavy atom. The summed E-state index contributed by atoms with van der Waals surface area (Å²) < 4.78 is 48.2. The van der Waals surface area contributed by atoms with Crippen LogP contribution in [0, 0.1) is 12.7 Å². The first-order chi connectivity index (χ1) is 19.2. The average Bonchev–Trinajstić information content (AvgIpc) is 2.94. The Bertz CT molecular complexity index is 1580. The molecule has 0 heterocycles. The zero-order valence-corrected chi connectivity index (χ0v) is 24.0. The molecule has 0 aliphatic rings. The molecule has 4 aromatic rings. The summed E-state index contributed by atoms with van der Waals surface area (Å²) in [6.45, 7) is 2.15. The van der Waals surface area contributed by atoms with Gasteiger partial charge in [-0.2, -0.15) is 5.10 Å². The Labute approximate surface area is 241 Å². The van der Waals surface area contributed by atoms with Crippen molar-refractivity contribution in [3.8, 4) is 5.75 Å². The largest absolute Gasteiger partial charge is 0.488 e. The quantitative estimate of drug-likeness (QED) is 0.157. The highest BCUT2D eigenvalue weighted by molar-refractivity contribution is 9.10. The number of rotatable bonds is 11. The minimum absolute atomic E-state index is 0.119. The summed E-state index contributed by atoms with van der Waals surface area (Å²) in [6.07, 6.45) is 1.31. The third-order valence-corrected chi connectivity index (χ3v) is 7.99. The highest BCUT2D eigenvalue weighted by atomic mass is 79.9. The van der Waals surface area contributed by atoms with Crippen molar-refractivity contribution in [1.82, 2.24) is 10.1 Å². The van der Waals surface area contributed by atoms with Crippen molar-refractivity contribution in [2.24, 2.45) is 5.10 Å². The lowest BCUT2D eigenvalue weighted by Crippen LogP contribution is -2.32. The summed E-state index contributed by atoms with van der Waals surface area (Å²) in [5, 5.41) is 4.03. The van der Waals surface area contributed by atoms with Crippen molar-refractivity contribution in [3.05, 3.63) is 130 Å². The van der Waals surface area contributed by atoms with Gasteiger partial charge in [0.2, 0.25) is 15.9 Å². The van der Waals surface area contributed by atoms with Gasteiger partial charge in [-0.25, -0.2) is 23.0 Å². The standard InChI is InChI=1S/C30H27BrFN3O4S/c1-21-7-14-26(15-8-21)40(37,38)35-28(24-5-3-2-4-6-24)18-30(36)34-33-19-23-11-16-29(27(31)17-23)39-20-22-9-12-25(32)13-10-22/h2-17,19,28,35H,18,20H2,1H3,(H,34,36)/b33-19-/t28-/m0/s1. The van der Waals surface area contributed by atoms with Gasteiger partial charge in [-0.05, 0) is 82.0 Å². The Balaban J connectivity index is 1.37. The van der Waals surface area contributed by atoms with E-state index in [-0.39, 0.29) is 23.7 Å². The topological polar surface area (TPSA) is 96.9 Å². The SMILES string of the molecule is Cc1ccc(S(=O)(=O)N[C@@H](CC(=O)N/N=C\c2ccc(OCc3ccc(F)cc3)c(Br)c2)c2ccccc2)cc1. The van der Waals surface area contributed by atoms with E-state index in [1.807, 2.05) is 13.0 Å². The number of aryl methyl sites for hydroxylation is 1. The van der Waals surface area contributed by atoms with Gasteiger partial charge in [0.25, 0.3) is 0 Å². The van der Waals surface area contributed by atoms with Gasteiger partial charge in [-0.1, -0.05) is 60.2 Å². The molecule has 0 aliphatic carbocycles. The van der Waals surface area contributed by atoms with Crippen LogP contribution >= 0.6 is 15.9 Å². The minimum atomic E-state index is -3.87. The molecular weight excluding hydrogens is 597 g/mol. The Morgan fingerprint density at radius 3 is 2.38 bits per heavy atom. The first-order valence-electron chi connectivity index (χ1n) is 12.3. The second-order valence-corrected chi connectivity index (χ2v) is 11.6. The first kappa shape index (κ1) is 29.1. The van der Waals surface area contributed by atoms with Crippen molar-refractivity contribution in [1.29, 1.82) is 0 Å². The van der Waals surface area contributed by atoms with Crippen LogP contribution in [-0.4, -0.2) is 20.5 Å². The number of sulfonamides is 1. The molecule has 0 bridgehead atoms. The molecule has 2 N–H and O–H groups in total. The predicted molar refractivity (Wildman–Crippen MR) is 156 cm³/mol. The number of hydrazone groups is 1. The molecular formula is C30H27BrFN3O4S. The molecule has 1 atom stereocenters. The van der Waals surface area contributed by atoms with Gasteiger partial charge < -0.3 is 4.74 Å². The van der Waals surface area contributed by atoms with Crippen molar-refractivity contribution < 1.29 is 22.3 Å². The van der Waals surface area contributed by atoms with Crippen LogP contribution in [0.25, 0.3) is 0 Å². The van der Waals surface area contributed by atoms with Crippen LogP contribution < -0.4 is 14.9 Å². The molecule has 10 heteroatoms. The fourth-order valence-corrected chi connectivity index (χ4v) is 5.49. The van der Waals surface area contributed by atoms with E-state index in [2.05, 4.69) is 31.2 Å². The number of hydrogen-bond acceptors (Lipinski definition) is 5. The number of ether oxygens (including phenoxy) is 1. The normalized spacial score (nSPS) is 12.3. The van der Waals surface area contributed by atoms with Crippen LogP contribution in [0.15, 0.2) is 112 Å². The summed E-state index contributed by atoms with van der Waals surface area (Å²) >= 11 is 3.46. The molecule has 0 spiro atoms. The van der Waals surface area contributed by atoms with E-state index in [0.717, 1.165) is 11.1 Å². The molecule has 1 amide bonds. The summed E-state index contributed by atoms with van der Waals surface area (Å²) in [6, 6.07) is 26.0. The molecule has 0 aliphatic heterocycles.